The van der Waals surface area contributed by atoms with Gasteiger partial charge in [0.25, 0.3) is 0 Å². The molecule has 0 bridgehead atoms. The molecule has 0 radical (unpaired) electrons. The molecule has 0 amide bonds. The largest absolute Gasteiger partial charge is 0.379 e. The third kappa shape index (κ3) is 2.44. The molecule has 0 spiro atoms. The SMILES string of the molecule is CC(CN1CCOCC1)C1CCC1. The molecule has 2 nitrogen and oxygen atoms in total. The number of hydrogen-bond donors (Lipinski definition) is 0. The summed E-state index contributed by atoms with van der Waals surface area (Å²) < 4.78 is 5.34. The van der Waals surface area contributed by atoms with Crippen LogP contribution in [0.25, 0.3) is 0 Å². The first-order valence-electron chi connectivity index (χ1n) is 5.66. The van der Waals surface area contributed by atoms with Crippen molar-refractivity contribution in [3.05, 3.63) is 0 Å². The zero-order valence-corrected chi connectivity index (χ0v) is 8.67. The van der Waals surface area contributed by atoms with Gasteiger partial charge in [0, 0.05) is 19.6 Å². The molecule has 1 aliphatic carbocycles. The predicted molar refractivity (Wildman–Crippen MR) is 53.8 cm³/mol. The molecule has 1 atom stereocenters. The summed E-state index contributed by atoms with van der Waals surface area (Å²) in [6, 6.07) is 0. The molecule has 1 saturated carbocycles. The molecule has 2 rings (SSSR count). The third-order valence-electron chi connectivity index (χ3n) is 3.60. The normalized spacial score (nSPS) is 28.4. The molecule has 2 fully saturated rings. The van der Waals surface area contributed by atoms with Crippen molar-refractivity contribution in [1.82, 2.24) is 4.90 Å². The Balaban J connectivity index is 1.69. The maximum atomic E-state index is 5.34. The molecule has 2 aliphatic rings. The Morgan fingerprint density at radius 3 is 2.54 bits per heavy atom. The summed E-state index contributed by atoms with van der Waals surface area (Å²) in [5.74, 6) is 1.94. The van der Waals surface area contributed by atoms with E-state index in [1.54, 1.807) is 0 Å². The van der Waals surface area contributed by atoms with Crippen LogP contribution in [-0.2, 0) is 4.74 Å². The van der Waals surface area contributed by atoms with E-state index in [1.165, 1.54) is 25.8 Å². The van der Waals surface area contributed by atoms with Gasteiger partial charge in [-0.15, -0.1) is 0 Å². The van der Waals surface area contributed by atoms with Crippen LogP contribution in [0.2, 0.25) is 0 Å². The molecular formula is C11H21NO. The van der Waals surface area contributed by atoms with Crippen molar-refractivity contribution in [2.75, 3.05) is 32.8 Å². The van der Waals surface area contributed by atoms with Gasteiger partial charge in [-0.2, -0.15) is 0 Å². The van der Waals surface area contributed by atoms with Gasteiger partial charge in [0.05, 0.1) is 13.2 Å². The van der Waals surface area contributed by atoms with Crippen molar-refractivity contribution >= 4 is 0 Å². The lowest BCUT2D eigenvalue weighted by molar-refractivity contribution is 0.0231. The van der Waals surface area contributed by atoms with E-state index >= 15 is 0 Å². The third-order valence-corrected chi connectivity index (χ3v) is 3.60. The summed E-state index contributed by atoms with van der Waals surface area (Å²) in [5, 5.41) is 0. The topological polar surface area (TPSA) is 12.5 Å². The van der Waals surface area contributed by atoms with Crippen LogP contribution in [0.15, 0.2) is 0 Å². The van der Waals surface area contributed by atoms with E-state index in [-0.39, 0.29) is 0 Å². The van der Waals surface area contributed by atoms with E-state index in [0.717, 1.165) is 38.1 Å². The van der Waals surface area contributed by atoms with Crippen LogP contribution < -0.4 is 0 Å². The summed E-state index contributed by atoms with van der Waals surface area (Å²) >= 11 is 0. The molecule has 76 valence electrons. The van der Waals surface area contributed by atoms with Crippen molar-refractivity contribution in [1.29, 1.82) is 0 Å². The van der Waals surface area contributed by atoms with E-state index in [4.69, 9.17) is 4.74 Å². The van der Waals surface area contributed by atoms with Gasteiger partial charge in [0.2, 0.25) is 0 Å². The van der Waals surface area contributed by atoms with E-state index in [1.807, 2.05) is 0 Å². The van der Waals surface area contributed by atoms with Gasteiger partial charge in [-0.25, -0.2) is 0 Å². The summed E-state index contributed by atoms with van der Waals surface area (Å²) in [6.07, 6.45) is 4.43. The van der Waals surface area contributed by atoms with Crippen LogP contribution in [0.3, 0.4) is 0 Å². The first-order valence-corrected chi connectivity index (χ1v) is 5.66. The quantitative estimate of drug-likeness (QED) is 0.661. The first-order chi connectivity index (χ1) is 6.36. The fourth-order valence-corrected chi connectivity index (χ4v) is 2.35. The van der Waals surface area contributed by atoms with E-state index in [0.29, 0.717) is 0 Å². The van der Waals surface area contributed by atoms with E-state index in [9.17, 15) is 0 Å². The maximum absolute atomic E-state index is 5.34. The van der Waals surface area contributed by atoms with Gasteiger partial charge in [-0.3, -0.25) is 4.90 Å². The van der Waals surface area contributed by atoms with Gasteiger partial charge in [0.15, 0.2) is 0 Å². The van der Waals surface area contributed by atoms with Gasteiger partial charge < -0.3 is 4.74 Å². The van der Waals surface area contributed by atoms with Crippen molar-refractivity contribution in [3.8, 4) is 0 Å². The second-order valence-electron chi connectivity index (χ2n) is 4.58. The van der Waals surface area contributed by atoms with E-state index < -0.39 is 0 Å². The second kappa shape index (κ2) is 4.43. The maximum Gasteiger partial charge on any atom is 0.0594 e. The molecule has 0 aromatic rings. The fourth-order valence-electron chi connectivity index (χ4n) is 2.35. The van der Waals surface area contributed by atoms with Crippen LogP contribution in [0.4, 0.5) is 0 Å². The Labute approximate surface area is 81.3 Å². The highest BCUT2D eigenvalue weighted by molar-refractivity contribution is 4.77. The highest BCUT2D eigenvalue weighted by Crippen LogP contribution is 2.33. The number of nitrogens with zero attached hydrogens (tertiary/aromatic N) is 1. The van der Waals surface area contributed by atoms with Crippen LogP contribution >= 0.6 is 0 Å². The zero-order chi connectivity index (χ0) is 9.10. The van der Waals surface area contributed by atoms with Gasteiger partial charge in [0.1, 0.15) is 0 Å². The van der Waals surface area contributed by atoms with Crippen LogP contribution in [0, 0.1) is 11.8 Å². The van der Waals surface area contributed by atoms with Gasteiger partial charge >= 0.3 is 0 Å². The lowest BCUT2D eigenvalue weighted by Crippen LogP contribution is -2.41. The molecule has 1 heterocycles. The average molecular weight is 183 g/mol. The second-order valence-corrected chi connectivity index (χ2v) is 4.58. The molecule has 0 aromatic heterocycles. The number of rotatable bonds is 3. The highest BCUT2D eigenvalue weighted by atomic mass is 16.5. The molecule has 0 N–H and O–H groups in total. The monoisotopic (exact) mass is 183 g/mol. The van der Waals surface area contributed by atoms with Gasteiger partial charge in [-0.1, -0.05) is 26.2 Å². The van der Waals surface area contributed by atoms with E-state index in [2.05, 4.69) is 11.8 Å². The van der Waals surface area contributed by atoms with Crippen molar-refractivity contribution in [3.63, 3.8) is 0 Å². The Hall–Kier alpha value is -0.0800. The summed E-state index contributed by atoms with van der Waals surface area (Å²) in [6.45, 7) is 7.90. The standard InChI is InChI=1S/C11H21NO/c1-10(11-3-2-4-11)9-12-5-7-13-8-6-12/h10-11H,2-9H2,1H3. The van der Waals surface area contributed by atoms with Crippen molar-refractivity contribution in [2.24, 2.45) is 11.8 Å². The highest BCUT2D eigenvalue weighted by Gasteiger charge is 2.25. The smallest absolute Gasteiger partial charge is 0.0594 e. The molecular weight excluding hydrogens is 162 g/mol. The van der Waals surface area contributed by atoms with Crippen LogP contribution in [0.5, 0.6) is 0 Å². The Kier molecular flexibility index (Phi) is 3.23. The lowest BCUT2D eigenvalue weighted by atomic mass is 9.76. The first kappa shape index (κ1) is 9.47. The Morgan fingerprint density at radius 1 is 1.31 bits per heavy atom. The molecule has 2 heteroatoms. The fraction of sp³-hybridized carbons (Fsp3) is 1.00. The van der Waals surface area contributed by atoms with Crippen LogP contribution in [-0.4, -0.2) is 37.7 Å². The molecule has 13 heavy (non-hydrogen) atoms. The van der Waals surface area contributed by atoms with Gasteiger partial charge in [-0.05, 0) is 11.8 Å². The number of morpholine rings is 1. The molecule has 1 unspecified atom stereocenters. The molecule has 1 aliphatic heterocycles. The number of hydrogen-bond acceptors (Lipinski definition) is 2. The number of ether oxygens (including phenoxy) is 1. The summed E-state index contributed by atoms with van der Waals surface area (Å²) in [7, 11) is 0. The van der Waals surface area contributed by atoms with Crippen molar-refractivity contribution in [2.45, 2.75) is 26.2 Å². The minimum atomic E-state index is 0.909. The Bertz CT molecular complexity index is 150. The summed E-state index contributed by atoms with van der Waals surface area (Å²) in [5.41, 5.74) is 0. The Morgan fingerprint density at radius 2 is 2.00 bits per heavy atom. The minimum Gasteiger partial charge on any atom is -0.379 e. The average Bonchev–Trinajstić information content (AvgIpc) is 2.02. The predicted octanol–water partition coefficient (Wildman–Crippen LogP) is 1.75. The summed E-state index contributed by atoms with van der Waals surface area (Å²) in [4.78, 5) is 2.56. The minimum absolute atomic E-state index is 0.909. The lowest BCUT2D eigenvalue weighted by Gasteiger charge is -2.36. The molecule has 1 saturated heterocycles. The molecule has 0 aromatic carbocycles. The van der Waals surface area contributed by atoms with Crippen LogP contribution in [0.1, 0.15) is 26.2 Å². The zero-order valence-electron chi connectivity index (χ0n) is 8.67. The van der Waals surface area contributed by atoms with Crippen molar-refractivity contribution < 1.29 is 4.74 Å².